The fourth-order valence-corrected chi connectivity index (χ4v) is 2.30. The average molecular weight is 222 g/mol. The van der Waals surface area contributed by atoms with Crippen LogP contribution < -0.4 is 10.6 Å². The molecule has 1 aromatic heterocycles. The minimum atomic E-state index is 0.555. The molecule has 2 unspecified atom stereocenters. The monoisotopic (exact) mass is 222 g/mol. The molecule has 16 heavy (non-hydrogen) atoms. The molecule has 1 fully saturated rings. The first kappa shape index (κ1) is 11.6. The highest BCUT2D eigenvalue weighted by atomic mass is 15.1. The van der Waals surface area contributed by atoms with Gasteiger partial charge in [-0.25, -0.2) is 0 Å². The summed E-state index contributed by atoms with van der Waals surface area (Å²) in [6.45, 7) is 4.33. The van der Waals surface area contributed by atoms with E-state index in [1.807, 2.05) is 6.07 Å². The zero-order valence-corrected chi connectivity index (χ0v) is 10.00. The molecule has 2 rings (SSSR count). The second-order valence-electron chi connectivity index (χ2n) is 4.75. The van der Waals surface area contributed by atoms with Crippen molar-refractivity contribution in [2.45, 2.75) is 51.2 Å². The summed E-state index contributed by atoms with van der Waals surface area (Å²) in [7, 11) is 0. The van der Waals surface area contributed by atoms with Crippen molar-refractivity contribution in [3.05, 3.63) is 18.0 Å². The van der Waals surface area contributed by atoms with Gasteiger partial charge in [0.05, 0.1) is 0 Å². The van der Waals surface area contributed by atoms with Gasteiger partial charge in [0.15, 0.2) is 0 Å². The molecule has 2 atom stereocenters. The minimum absolute atomic E-state index is 0.555. The number of hydrogen-bond acceptors (Lipinski definition) is 3. The number of aromatic amines is 1. The zero-order valence-electron chi connectivity index (χ0n) is 10.00. The van der Waals surface area contributed by atoms with Gasteiger partial charge in [-0.1, -0.05) is 6.42 Å². The van der Waals surface area contributed by atoms with Crippen molar-refractivity contribution in [3.63, 3.8) is 0 Å². The third-order valence-electron chi connectivity index (χ3n) is 3.25. The van der Waals surface area contributed by atoms with Gasteiger partial charge in [0.1, 0.15) is 0 Å². The molecule has 0 amide bonds. The van der Waals surface area contributed by atoms with Crippen LogP contribution in [0.3, 0.4) is 0 Å². The summed E-state index contributed by atoms with van der Waals surface area (Å²) in [4.78, 5) is 0. The third-order valence-corrected chi connectivity index (χ3v) is 3.25. The minimum Gasteiger partial charge on any atom is -0.314 e. The molecule has 1 saturated heterocycles. The van der Waals surface area contributed by atoms with Crippen LogP contribution in [-0.4, -0.2) is 28.8 Å². The number of H-pyrrole nitrogens is 1. The lowest BCUT2D eigenvalue weighted by Crippen LogP contribution is -2.39. The lowest BCUT2D eigenvalue weighted by Gasteiger charge is -2.26. The van der Waals surface area contributed by atoms with E-state index in [1.54, 1.807) is 6.20 Å². The fraction of sp³-hybridized carbons (Fsp3) is 0.750. The first-order valence-corrected chi connectivity index (χ1v) is 6.29. The lowest BCUT2D eigenvalue weighted by atomic mass is 9.99. The van der Waals surface area contributed by atoms with E-state index in [0.29, 0.717) is 12.1 Å². The predicted molar refractivity (Wildman–Crippen MR) is 65.1 cm³/mol. The molecule has 4 heteroatoms. The van der Waals surface area contributed by atoms with E-state index in [-0.39, 0.29) is 0 Å². The number of nitrogens with zero attached hydrogens (tertiary/aromatic N) is 1. The molecule has 0 radical (unpaired) electrons. The van der Waals surface area contributed by atoms with Gasteiger partial charge in [-0.15, -0.1) is 0 Å². The van der Waals surface area contributed by atoms with Gasteiger partial charge in [0, 0.05) is 30.5 Å². The van der Waals surface area contributed by atoms with Crippen LogP contribution in [0.2, 0.25) is 0 Å². The molecule has 1 aliphatic rings. The Balaban J connectivity index is 1.65. The Kier molecular flexibility index (Phi) is 4.36. The highest BCUT2D eigenvalue weighted by Crippen LogP contribution is 2.11. The predicted octanol–water partition coefficient (Wildman–Crippen LogP) is 1.42. The highest BCUT2D eigenvalue weighted by Gasteiger charge is 2.15. The van der Waals surface area contributed by atoms with E-state index in [9.17, 15) is 0 Å². The van der Waals surface area contributed by atoms with Crippen molar-refractivity contribution < 1.29 is 0 Å². The van der Waals surface area contributed by atoms with Crippen molar-refractivity contribution in [2.24, 2.45) is 0 Å². The molecule has 90 valence electrons. The van der Waals surface area contributed by atoms with Gasteiger partial charge in [0.2, 0.25) is 0 Å². The Morgan fingerprint density at radius 1 is 1.56 bits per heavy atom. The Morgan fingerprint density at radius 3 is 3.19 bits per heavy atom. The van der Waals surface area contributed by atoms with Gasteiger partial charge in [-0.05, 0) is 38.8 Å². The first-order chi connectivity index (χ1) is 7.84. The molecule has 0 aromatic carbocycles. The summed E-state index contributed by atoms with van der Waals surface area (Å²) in [5, 5.41) is 14.0. The molecule has 1 aromatic rings. The number of rotatable bonds is 5. The summed E-state index contributed by atoms with van der Waals surface area (Å²) in [6, 6.07) is 3.27. The van der Waals surface area contributed by atoms with Gasteiger partial charge in [-0.2, -0.15) is 5.10 Å². The van der Waals surface area contributed by atoms with E-state index >= 15 is 0 Å². The molecule has 0 bridgehead atoms. The van der Waals surface area contributed by atoms with Crippen molar-refractivity contribution >= 4 is 0 Å². The Morgan fingerprint density at radius 2 is 2.50 bits per heavy atom. The molecule has 0 aliphatic carbocycles. The first-order valence-electron chi connectivity index (χ1n) is 6.29. The van der Waals surface area contributed by atoms with E-state index in [2.05, 4.69) is 27.8 Å². The summed E-state index contributed by atoms with van der Waals surface area (Å²) in [5.41, 5.74) is 1.16. The highest BCUT2D eigenvalue weighted by molar-refractivity contribution is 4.96. The number of piperidine rings is 1. The van der Waals surface area contributed by atoms with Crippen LogP contribution >= 0.6 is 0 Å². The molecule has 1 aliphatic heterocycles. The Hall–Kier alpha value is -0.870. The van der Waals surface area contributed by atoms with E-state index in [0.717, 1.165) is 12.2 Å². The molecule has 4 nitrogen and oxygen atoms in total. The average Bonchev–Trinajstić information content (AvgIpc) is 2.81. The van der Waals surface area contributed by atoms with E-state index in [4.69, 9.17) is 0 Å². The van der Waals surface area contributed by atoms with Gasteiger partial charge in [0.25, 0.3) is 0 Å². The van der Waals surface area contributed by atoms with Crippen LogP contribution in [0.5, 0.6) is 0 Å². The number of hydrogen-bond donors (Lipinski definition) is 3. The molecule has 2 heterocycles. The van der Waals surface area contributed by atoms with Crippen LogP contribution in [0.25, 0.3) is 0 Å². The van der Waals surface area contributed by atoms with Gasteiger partial charge in [-0.3, -0.25) is 5.10 Å². The molecular formula is C12H22N4. The summed E-state index contributed by atoms with van der Waals surface area (Å²) in [6.07, 6.45) is 7.06. The maximum atomic E-state index is 3.94. The Bertz CT molecular complexity index is 277. The zero-order chi connectivity index (χ0) is 11.2. The quantitative estimate of drug-likeness (QED) is 0.706. The van der Waals surface area contributed by atoms with E-state index < -0.39 is 0 Å². The van der Waals surface area contributed by atoms with Crippen LogP contribution in [-0.2, 0) is 6.54 Å². The topological polar surface area (TPSA) is 52.7 Å². The van der Waals surface area contributed by atoms with Gasteiger partial charge >= 0.3 is 0 Å². The maximum absolute atomic E-state index is 3.94. The summed E-state index contributed by atoms with van der Waals surface area (Å²) in [5.74, 6) is 0. The van der Waals surface area contributed by atoms with Crippen molar-refractivity contribution in [1.29, 1.82) is 0 Å². The van der Waals surface area contributed by atoms with Crippen LogP contribution in [0.15, 0.2) is 12.3 Å². The second-order valence-corrected chi connectivity index (χ2v) is 4.75. The van der Waals surface area contributed by atoms with Crippen LogP contribution in [0, 0.1) is 0 Å². The third kappa shape index (κ3) is 3.61. The van der Waals surface area contributed by atoms with Gasteiger partial charge < -0.3 is 10.6 Å². The maximum Gasteiger partial charge on any atom is 0.0490 e. The molecule has 0 saturated carbocycles. The Labute approximate surface area is 97.2 Å². The smallest absolute Gasteiger partial charge is 0.0490 e. The molecular weight excluding hydrogens is 200 g/mol. The van der Waals surface area contributed by atoms with Crippen molar-refractivity contribution in [1.82, 2.24) is 20.8 Å². The van der Waals surface area contributed by atoms with Crippen molar-refractivity contribution in [3.8, 4) is 0 Å². The number of nitrogens with one attached hydrogen (secondary N) is 3. The largest absolute Gasteiger partial charge is 0.314 e. The SMILES string of the molecule is CC(CC1CCCCN1)NCc1ccn[nH]1. The fourth-order valence-electron chi connectivity index (χ4n) is 2.30. The van der Waals surface area contributed by atoms with Crippen LogP contribution in [0.4, 0.5) is 0 Å². The summed E-state index contributed by atoms with van der Waals surface area (Å²) >= 11 is 0. The van der Waals surface area contributed by atoms with Crippen molar-refractivity contribution in [2.75, 3.05) is 6.54 Å². The molecule has 3 N–H and O–H groups in total. The summed E-state index contributed by atoms with van der Waals surface area (Å²) < 4.78 is 0. The normalized spacial score (nSPS) is 23.2. The standard InChI is InChI=1S/C12H22N4/c1-10(8-11-4-2-3-6-13-11)14-9-12-5-7-15-16-12/h5,7,10-11,13-14H,2-4,6,8-9H2,1H3,(H,15,16). The van der Waals surface area contributed by atoms with Crippen LogP contribution in [0.1, 0.15) is 38.3 Å². The number of aromatic nitrogens is 2. The van der Waals surface area contributed by atoms with E-state index in [1.165, 1.54) is 32.2 Å². The second kappa shape index (κ2) is 6.01. The lowest BCUT2D eigenvalue weighted by molar-refractivity contribution is 0.344. The molecule has 0 spiro atoms.